The zero-order valence-electron chi connectivity index (χ0n) is 15.4. The molecular formula is C23H17N3O2S. The topological polar surface area (TPSA) is 61.6 Å². The number of nitrogens with one attached hydrogen (secondary N) is 1. The van der Waals surface area contributed by atoms with Crippen LogP contribution in [0.5, 0.6) is 0 Å². The van der Waals surface area contributed by atoms with E-state index in [1.807, 2.05) is 72.9 Å². The number of aromatic nitrogens is 1. The van der Waals surface area contributed by atoms with E-state index < -0.39 is 0 Å². The van der Waals surface area contributed by atoms with E-state index in [-0.39, 0.29) is 5.91 Å². The smallest absolute Gasteiger partial charge is 0.267 e. The van der Waals surface area contributed by atoms with Crippen molar-refractivity contribution in [1.82, 2.24) is 9.88 Å². The van der Waals surface area contributed by atoms with Crippen LogP contribution in [0.3, 0.4) is 0 Å². The molecule has 0 radical (unpaired) electrons. The molecule has 29 heavy (non-hydrogen) atoms. The molecular weight excluding hydrogens is 382 g/mol. The van der Waals surface area contributed by atoms with Crippen molar-refractivity contribution < 1.29 is 9.21 Å². The number of benzene rings is 2. The molecule has 0 unspecified atom stereocenters. The Bertz CT molecular complexity index is 1220. The van der Waals surface area contributed by atoms with Gasteiger partial charge >= 0.3 is 0 Å². The highest BCUT2D eigenvalue weighted by molar-refractivity contribution is 8.18. The Hall–Kier alpha value is -3.51. The summed E-state index contributed by atoms with van der Waals surface area (Å²) in [5.74, 6) is 0.643. The van der Waals surface area contributed by atoms with Crippen LogP contribution in [0.1, 0.15) is 11.3 Å². The first-order valence-corrected chi connectivity index (χ1v) is 10.0. The van der Waals surface area contributed by atoms with Gasteiger partial charge in [0.25, 0.3) is 5.91 Å². The molecule has 2 aromatic carbocycles. The summed E-state index contributed by atoms with van der Waals surface area (Å²) in [4.78, 5) is 23.3. The van der Waals surface area contributed by atoms with Crippen LogP contribution in [-0.2, 0) is 11.3 Å². The summed E-state index contributed by atoms with van der Waals surface area (Å²) in [6.07, 6.45) is 5.44. The molecule has 1 N–H and O–H groups in total. The van der Waals surface area contributed by atoms with Crippen molar-refractivity contribution in [2.75, 3.05) is 0 Å². The molecule has 2 aromatic heterocycles. The van der Waals surface area contributed by atoms with E-state index in [1.54, 1.807) is 11.2 Å². The Morgan fingerprint density at radius 2 is 1.97 bits per heavy atom. The number of fused-ring (bicyclic) bond motifs is 1. The molecule has 142 valence electrons. The van der Waals surface area contributed by atoms with E-state index in [2.05, 4.69) is 11.1 Å². The maximum absolute atomic E-state index is 13.2. The van der Waals surface area contributed by atoms with Crippen molar-refractivity contribution in [2.24, 2.45) is 4.99 Å². The number of H-pyrrole nitrogens is 1. The molecule has 1 saturated heterocycles. The second-order valence-electron chi connectivity index (χ2n) is 6.64. The van der Waals surface area contributed by atoms with Gasteiger partial charge in [0.05, 0.1) is 23.4 Å². The molecule has 1 aliphatic rings. The number of amides is 1. The molecule has 1 fully saturated rings. The lowest BCUT2D eigenvalue weighted by molar-refractivity contribution is -0.122. The number of para-hydroxylation sites is 1. The molecule has 0 saturated carbocycles. The Balaban J connectivity index is 1.51. The average molecular weight is 399 g/mol. The van der Waals surface area contributed by atoms with Gasteiger partial charge in [-0.1, -0.05) is 24.3 Å². The van der Waals surface area contributed by atoms with Crippen LogP contribution in [0.15, 0.2) is 93.5 Å². The van der Waals surface area contributed by atoms with Gasteiger partial charge in [-0.2, -0.15) is 0 Å². The zero-order chi connectivity index (χ0) is 19.6. The van der Waals surface area contributed by atoms with Crippen molar-refractivity contribution >= 4 is 45.5 Å². The summed E-state index contributed by atoms with van der Waals surface area (Å²) < 4.78 is 5.45. The largest absolute Gasteiger partial charge is 0.467 e. The van der Waals surface area contributed by atoms with Crippen molar-refractivity contribution in [3.05, 3.63) is 95.4 Å². The normalized spacial score (nSPS) is 17.1. The number of nitrogens with zero attached hydrogens (tertiary/aromatic N) is 2. The van der Waals surface area contributed by atoms with Gasteiger partial charge in [0.15, 0.2) is 5.17 Å². The molecule has 1 amide bonds. The maximum atomic E-state index is 13.2. The van der Waals surface area contributed by atoms with Crippen LogP contribution in [-0.4, -0.2) is 21.0 Å². The number of aliphatic imine (C=N–C) groups is 1. The number of aromatic amines is 1. The van der Waals surface area contributed by atoms with Crippen molar-refractivity contribution in [1.29, 1.82) is 0 Å². The molecule has 6 heteroatoms. The van der Waals surface area contributed by atoms with E-state index in [1.165, 1.54) is 11.8 Å². The Kier molecular flexibility index (Phi) is 4.54. The average Bonchev–Trinajstić information content (AvgIpc) is 3.47. The summed E-state index contributed by atoms with van der Waals surface area (Å²) in [6, 6.07) is 21.4. The van der Waals surface area contributed by atoms with Crippen molar-refractivity contribution in [3.63, 3.8) is 0 Å². The van der Waals surface area contributed by atoms with Crippen molar-refractivity contribution in [2.45, 2.75) is 6.54 Å². The van der Waals surface area contributed by atoms with Gasteiger partial charge in [-0.15, -0.1) is 0 Å². The molecule has 1 aliphatic heterocycles. The first-order chi connectivity index (χ1) is 14.3. The number of thioether (sulfide) groups is 1. The Morgan fingerprint density at radius 1 is 1.07 bits per heavy atom. The predicted molar refractivity (Wildman–Crippen MR) is 117 cm³/mol. The van der Waals surface area contributed by atoms with E-state index >= 15 is 0 Å². The van der Waals surface area contributed by atoms with Gasteiger partial charge in [-0.3, -0.25) is 9.69 Å². The van der Waals surface area contributed by atoms with Crippen LogP contribution in [0.25, 0.3) is 17.0 Å². The predicted octanol–water partition coefficient (Wildman–Crippen LogP) is 5.57. The van der Waals surface area contributed by atoms with E-state index in [4.69, 9.17) is 9.41 Å². The molecule has 5 nitrogen and oxygen atoms in total. The highest BCUT2D eigenvalue weighted by Gasteiger charge is 2.34. The standard InChI is InChI=1S/C23H17N3O2S/c27-22-21(14-16-8-9-20-17(13-16)10-11-24-20)29-23(25-18-5-2-1-3-6-18)26(22)15-19-7-4-12-28-19/h1-14,24H,15H2. The van der Waals surface area contributed by atoms with Gasteiger partial charge in [-0.05, 0) is 71.3 Å². The van der Waals surface area contributed by atoms with E-state index in [9.17, 15) is 4.79 Å². The first kappa shape index (κ1) is 17.6. The minimum Gasteiger partial charge on any atom is -0.467 e. The summed E-state index contributed by atoms with van der Waals surface area (Å²) in [5, 5.41) is 1.76. The highest BCUT2D eigenvalue weighted by Crippen LogP contribution is 2.35. The number of furan rings is 1. The summed E-state index contributed by atoms with van der Waals surface area (Å²) in [6.45, 7) is 0.346. The highest BCUT2D eigenvalue weighted by atomic mass is 32.2. The molecule has 0 bridgehead atoms. The van der Waals surface area contributed by atoms with Crippen LogP contribution in [0.2, 0.25) is 0 Å². The van der Waals surface area contributed by atoms with Crippen LogP contribution in [0.4, 0.5) is 5.69 Å². The molecule has 3 heterocycles. The maximum Gasteiger partial charge on any atom is 0.267 e. The van der Waals surface area contributed by atoms with Gasteiger partial charge in [0, 0.05) is 11.7 Å². The SMILES string of the molecule is O=C1C(=Cc2ccc3[nH]ccc3c2)SC(=Nc2ccccc2)N1Cc1ccco1. The number of carbonyl (C=O) groups is 1. The summed E-state index contributed by atoms with van der Waals surface area (Å²) in [7, 11) is 0. The number of rotatable bonds is 4. The van der Waals surface area contributed by atoms with E-state index in [0.717, 1.165) is 27.9 Å². The quantitative estimate of drug-likeness (QED) is 0.457. The number of hydrogen-bond acceptors (Lipinski definition) is 4. The van der Waals surface area contributed by atoms with Gasteiger partial charge in [0.1, 0.15) is 5.76 Å². The zero-order valence-corrected chi connectivity index (χ0v) is 16.2. The fraction of sp³-hybridized carbons (Fsp3) is 0.0435. The third-order valence-corrected chi connectivity index (χ3v) is 5.64. The number of carbonyl (C=O) groups excluding carboxylic acids is 1. The monoisotopic (exact) mass is 399 g/mol. The number of amidine groups is 1. The van der Waals surface area contributed by atoms with Gasteiger partial charge in [-0.25, -0.2) is 4.99 Å². The van der Waals surface area contributed by atoms with Crippen LogP contribution >= 0.6 is 11.8 Å². The molecule has 5 rings (SSSR count). The third-order valence-electron chi connectivity index (χ3n) is 4.64. The first-order valence-electron chi connectivity index (χ1n) is 9.21. The second-order valence-corrected chi connectivity index (χ2v) is 7.64. The molecule has 0 atom stereocenters. The molecule has 4 aromatic rings. The minimum absolute atomic E-state index is 0.0738. The third kappa shape index (κ3) is 3.62. The van der Waals surface area contributed by atoms with Crippen LogP contribution < -0.4 is 0 Å². The lowest BCUT2D eigenvalue weighted by atomic mass is 10.1. The molecule has 0 spiro atoms. The fourth-order valence-electron chi connectivity index (χ4n) is 3.22. The fourth-order valence-corrected chi connectivity index (χ4v) is 4.21. The summed E-state index contributed by atoms with van der Waals surface area (Å²) >= 11 is 1.38. The molecule has 0 aliphatic carbocycles. The van der Waals surface area contributed by atoms with Crippen LogP contribution in [0, 0.1) is 0 Å². The van der Waals surface area contributed by atoms with E-state index in [0.29, 0.717) is 16.6 Å². The summed E-state index contributed by atoms with van der Waals surface area (Å²) in [5.41, 5.74) is 2.86. The Labute approximate surface area is 171 Å². The van der Waals surface area contributed by atoms with Crippen molar-refractivity contribution in [3.8, 4) is 0 Å². The second kappa shape index (κ2) is 7.48. The Morgan fingerprint density at radius 3 is 2.79 bits per heavy atom. The van der Waals surface area contributed by atoms with Gasteiger partial charge < -0.3 is 9.40 Å². The van der Waals surface area contributed by atoms with Gasteiger partial charge in [0.2, 0.25) is 0 Å². The number of hydrogen-bond donors (Lipinski definition) is 1. The lowest BCUT2D eigenvalue weighted by Gasteiger charge is -2.13. The lowest BCUT2D eigenvalue weighted by Crippen LogP contribution is -2.28. The minimum atomic E-state index is -0.0738.